The third kappa shape index (κ3) is 6.50. The normalized spacial score (nSPS) is 16.0. The molecule has 0 saturated heterocycles. The summed E-state index contributed by atoms with van der Waals surface area (Å²) in [5, 5.41) is 6.16. The van der Waals surface area contributed by atoms with Crippen molar-refractivity contribution in [3.63, 3.8) is 0 Å². The van der Waals surface area contributed by atoms with Crippen LogP contribution in [0.5, 0.6) is 0 Å². The molecule has 0 aromatic heterocycles. The predicted molar refractivity (Wildman–Crippen MR) is 78.1 cm³/mol. The zero-order chi connectivity index (χ0) is 14.0. The Morgan fingerprint density at radius 2 is 1.83 bits per heavy atom. The molecule has 3 atom stereocenters. The van der Waals surface area contributed by atoms with Crippen LogP contribution < -0.4 is 10.6 Å². The lowest BCUT2D eigenvalue weighted by molar-refractivity contribution is -0.118. The van der Waals surface area contributed by atoms with Crippen LogP contribution in [-0.4, -0.2) is 40.3 Å². The van der Waals surface area contributed by atoms with Crippen molar-refractivity contribution in [1.29, 1.82) is 0 Å². The first-order chi connectivity index (χ1) is 8.60. The summed E-state index contributed by atoms with van der Waals surface area (Å²) in [6.45, 7) is 9.57. The molecule has 0 fully saturated rings. The molecule has 0 aliphatic rings. The Balaban J connectivity index is 4.51. The van der Waals surface area contributed by atoms with Crippen LogP contribution in [0.3, 0.4) is 0 Å². The third-order valence-corrected chi connectivity index (χ3v) is 4.79. The van der Waals surface area contributed by atoms with Gasteiger partial charge in [0.15, 0.2) is 0 Å². The Morgan fingerprint density at radius 1 is 1.17 bits per heavy atom. The SMILES string of the molecule is CCCC(NCC)C(CC)S(=O)CC(=O)NCC. The van der Waals surface area contributed by atoms with Gasteiger partial charge in [-0.05, 0) is 26.3 Å². The minimum Gasteiger partial charge on any atom is -0.356 e. The summed E-state index contributed by atoms with van der Waals surface area (Å²) in [6, 6.07) is 0.250. The van der Waals surface area contributed by atoms with Crippen molar-refractivity contribution in [2.75, 3.05) is 18.8 Å². The van der Waals surface area contributed by atoms with E-state index < -0.39 is 10.8 Å². The molecule has 4 nitrogen and oxygen atoms in total. The van der Waals surface area contributed by atoms with Crippen molar-refractivity contribution in [3.05, 3.63) is 0 Å². The topological polar surface area (TPSA) is 58.2 Å². The minimum absolute atomic E-state index is 0.0625. The molecule has 0 rings (SSSR count). The fourth-order valence-corrected chi connectivity index (χ4v) is 3.68. The first-order valence-corrected chi connectivity index (χ1v) is 8.35. The van der Waals surface area contributed by atoms with E-state index in [1.54, 1.807) is 0 Å². The van der Waals surface area contributed by atoms with Crippen LogP contribution in [0.4, 0.5) is 0 Å². The lowest BCUT2D eigenvalue weighted by Crippen LogP contribution is -2.44. The van der Waals surface area contributed by atoms with Gasteiger partial charge in [0.25, 0.3) is 0 Å². The van der Waals surface area contributed by atoms with E-state index in [2.05, 4.69) is 24.5 Å². The summed E-state index contributed by atoms with van der Waals surface area (Å²) in [6.07, 6.45) is 2.91. The molecule has 0 heterocycles. The van der Waals surface area contributed by atoms with Crippen LogP contribution in [0.25, 0.3) is 0 Å². The molecule has 0 aliphatic carbocycles. The summed E-state index contributed by atoms with van der Waals surface area (Å²) in [4.78, 5) is 11.5. The van der Waals surface area contributed by atoms with E-state index in [1.165, 1.54) is 0 Å². The van der Waals surface area contributed by atoms with Crippen molar-refractivity contribution in [2.24, 2.45) is 0 Å². The van der Waals surface area contributed by atoms with Crippen molar-refractivity contribution < 1.29 is 9.00 Å². The molecule has 3 unspecified atom stereocenters. The second-order valence-electron chi connectivity index (χ2n) is 4.38. The van der Waals surface area contributed by atoms with Gasteiger partial charge in [0.2, 0.25) is 5.91 Å². The smallest absolute Gasteiger partial charge is 0.232 e. The number of carbonyl (C=O) groups excluding carboxylic acids is 1. The largest absolute Gasteiger partial charge is 0.356 e. The van der Waals surface area contributed by atoms with E-state index in [0.717, 1.165) is 25.8 Å². The molecule has 0 radical (unpaired) electrons. The predicted octanol–water partition coefficient (Wildman–Crippen LogP) is 1.43. The lowest BCUT2D eigenvalue weighted by atomic mass is 10.1. The maximum Gasteiger partial charge on any atom is 0.232 e. The summed E-state index contributed by atoms with van der Waals surface area (Å²) in [5.74, 6) is 0.0128. The summed E-state index contributed by atoms with van der Waals surface area (Å²) in [7, 11) is -1.10. The lowest BCUT2D eigenvalue weighted by Gasteiger charge is -2.26. The van der Waals surface area contributed by atoms with Crippen LogP contribution in [0, 0.1) is 0 Å². The Kier molecular flexibility index (Phi) is 10.3. The number of hydrogen-bond acceptors (Lipinski definition) is 3. The van der Waals surface area contributed by atoms with Gasteiger partial charge in [-0.25, -0.2) is 0 Å². The Hall–Kier alpha value is -0.420. The second-order valence-corrected chi connectivity index (χ2v) is 6.03. The number of hydrogen-bond donors (Lipinski definition) is 2. The Bertz CT molecular complexity index is 253. The van der Waals surface area contributed by atoms with Crippen LogP contribution in [-0.2, 0) is 15.6 Å². The van der Waals surface area contributed by atoms with Gasteiger partial charge in [0.05, 0.1) is 5.25 Å². The molecule has 1 amide bonds. The molecule has 108 valence electrons. The highest BCUT2D eigenvalue weighted by Crippen LogP contribution is 2.13. The molecular formula is C13H28N2O2S. The first-order valence-electron chi connectivity index (χ1n) is 6.97. The van der Waals surface area contributed by atoms with Crippen molar-refractivity contribution in [2.45, 2.75) is 58.2 Å². The van der Waals surface area contributed by atoms with Crippen molar-refractivity contribution in [1.82, 2.24) is 10.6 Å². The fraction of sp³-hybridized carbons (Fsp3) is 0.923. The summed E-state index contributed by atoms with van der Waals surface area (Å²) >= 11 is 0. The van der Waals surface area contributed by atoms with Gasteiger partial charge in [0.1, 0.15) is 5.75 Å². The molecule has 18 heavy (non-hydrogen) atoms. The molecule has 0 aliphatic heterocycles. The van der Waals surface area contributed by atoms with Gasteiger partial charge in [-0.3, -0.25) is 9.00 Å². The summed E-state index contributed by atoms with van der Waals surface area (Å²) < 4.78 is 12.3. The van der Waals surface area contributed by atoms with Gasteiger partial charge < -0.3 is 10.6 Å². The quantitative estimate of drug-likeness (QED) is 0.634. The number of rotatable bonds is 10. The van der Waals surface area contributed by atoms with E-state index in [4.69, 9.17) is 0 Å². The van der Waals surface area contributed by atoms with Crippen LogP contribution >= 0.6 is 0 Å². The maximum absolute atomic E-state index is 12.3. The minimum atomic E-state index is -1.10. The first kappa shape index (κ1) is 17.6. The Labute approximate surface area is 114 Å². The highest BCUT2D eigenvalue weighted by Gasteiger charge is 2.25. The summed E-state index contributed by atoms with van der Waals surface area (Å²) in [5.41, 5.74) is 0. The number of amides is 1. The van der Waals surface area contributed by atoms with E-state index in [0.29, 0.717) is 6.54 Å². The molecular weight excluding hydrogens is 248 g/mol. The Morgan fingerprint density at radius 3 is 2.28 bits per heavy atom. The average Bonchev–Trinajstić information content (AvgIpc) is 2.30. The zero-order valence-electron chi connectivity index (χ0n) is 12.1. The maximum atomic E-state index is 12.3. The van der Waals surface area contributed by atoms with E-state index in [-0.39, 0.29) is 23.0 Å². The van der Waals surface area contributed by atoms with Crippen molar-refractivity contribution in [3.8, 4) is 0 Å². The number of nitrogens with one attached hydrogen (secondary N) is 2. The highest BCUT2D eigenvalue weighted by atomic mass is 32.2. The van der Waals surface area contributed by atoms with Gasteiger partial charge in [-0.1, -0.05) is 27.2 Å². The van der Waals surface area contributed by atoms with E-state index in [1.807, 2.05) is 13.8 Å². The third-order valence-electron chi connectivity index (χ3n) is 2.90. The monoisotopic (exact) mass is 276 g/mol. The standard InChI is InChI=1S/C13H28N2O2S/c1-5-9-11(14-7-3)12(6-2)18(17)10-13(16)15-8-4/h11-12,14H,5-10H2,1-4H3,(H,15,16). The molecule has 0 saturated carbocycles. The highest BCUT2D eigenvalue weighted by molar-refractivity contribution is 7.86. The van der Waals surface area contributed by atoms with Crippen LogP contribution in [0.1, 0.15) is 47.0 Å². The van der Waals surface area contributed by atoms with E-state index >= 15 is 0 Å². The van der Waals surface area contributed by atoms with Crippen LogP contribution in [0.15, 0.2) is 0 Å². The second kappa shape index (κ2) is 10.5. The zero-order valence-corrected chi connectivity index (χ0v) is 12.9. The van der Waals surface area contributed by atoms with Crippen LogP contribution in [0.2, 0.25) is 0 Å². The molecule has 0 spiro atoms. The van der Waals surface area contributed by atoms with Gasteiger partial charge in [0, 0.05) is 23.4 Å². The van der Waals surface area contributed by atoms with E-state index in [9.17, 15) is 9.00 Å². The van der Waals surface area contributed by atoms with Gasteiger partial charge >= 0.3 is 0 Å². The molecule has 0 aromatic carbocycles. The molecule has 5 heteroatoms. The average molecular weight is 276 g/mol. The molecule has 0 aromatic rings. The molecule has 0 bridgehead atoms. The van der Waals surface area contributed by atoms with Crippen molar-refractivity contribution >= 4 is 16.7 Å². The fourth-order valence-electron chi connectivity index (χ4n) is 2.13. The van der Waals surface area contributed by atoms with Gasteiger partial charge in [-0.15, -0.1) is 0 Å². The van der Waals surface area contributed by atoms with Gasteiger partial charge in [-0.2, -0.15) is 0 Å². The number of carbonyl (C=O) groups is 1. The molecule has 2 N–H and O–H groups in total.